The molecule has 3 aromatic rings. The highest BCUT2D eigenvalue weighted by molar-refractivity contribution is 9.11. The van der Waals surface area contributed by atoms with Gasteiger partial charge in [-0.2, -0.15) is 0 Å². The van der Waals surface area contributed by atoms with E-state index in [9.17, 15) is 9.59 Å². The summed E-state index contributed by atoms with van der Waals surface area (Å²) in [5, 5.41) is 0. The SMILES string of the molecule is CCOC(=O)C1=C(C)N=c2s/c(=C\c3cc(Br)cc(Br)c3OC)c(=O)n2[C@@H]1c1ccc(SC)cc1. The molecule has 1 aliphatic rings. The Bertz CT molecular complexity index is 1510. The molecule has 35 heavy (non-hydrogen) atoms. The van der Waals surface area contributed by atoms with E-state index in [0.29, 0.717) is 26.4 Å². The zero-order chi connectivity index (χ0) is 25.3. The van der Waals surface area contributed by atoms with E-state index in [2.05, 4.69) is 36.9 Å². The van der Waals surface area contributed by atoms with Gasteiger partial charge in [0.1, 0.15) is 5.75 Å². The molecule has 0 N–H and O–H groups in total. The van der Waals surface area contributed by atoms with Gasteiger partial charge in [-0.1, -0.05) is 39.4 Å². The van der Waals surface area contributed by atoms with E-state index >= 15 is 0 Å². The number of thioether (sulfide) groups is 1. The number of hydrogen-bond acceptors (Lipinski definition) is 7. The van der Waals surface area contributed by atoms with Crippen molar-refractivity contribution in [3.63, 3.8) is 0 Å². The molecule has 0 saturated heterocycles. The fourth-order valence-corrected chi connectivity index (χ4v) is 6.80. The number of fused-ring (bicyclic) bond motifs is 1. The predicted octanol–water partition coefficient (Wildman–Crippen LogP) is 5.05. The fourth-order valence-electron chi connectivity index (χ4n) is 3.94. The van der Waals surface area contributed by atoms with Crippen LogP contribution in [0, 0.1) is 0 Å². The number of allylic oxidation sites excluding steroid dienone is 1. The summed E-state index contributed by atoms with van der Waals surface area (Å²) in [6.45, 7) is 3.77. The van der Waals surface area contributed by atoms with Crippen molar-refractivity contribution in [3.05, 3.63) is 87.4 Å². The van der Waals surface area contributed by atoms with Crippen LogP contribution in [0.2, 0.25) is 0 Å². The molecule has 10 heteroatoms. The second-order valence-electron chi connectivity index (χ2n) is 7.59. The van der Waals surface area contributed by atoms with Gasteiger partial charge in [0.05, 0.1) is 40.0 Å². The standard InChI is InChI=1S/C25H22Br2N2O4S2/c1-5-33-24(31)20-13(2)28-25-29(21(20)14-6-8-17(34-4)9-7-14)23(30)19(35-25)11-15-10-16(26)12-18(27)22(15)32-3/h6-12,21H,5H2,1-4H3/b19-11-/t21-/m1/s1. The Morgan fingerprint density at radius 1 is 1.26 bits per heavy atom. The number of nitrogens with zero attached hydrogens (tertiary/aromatic N) is 2. The molecule has 0 fully saturated rings. The molecule has 0 bridgehead atoms. The number of methoxy groups -OCH3 is 1. The van der Waals surface area contributed by atoms with E-state index < -0.39 is 12.0 Å². The first-order valence-electron chi connectivity index (χ1n) is 10.7. The first kappa shape index (κ1) is 25.9. The van der Waals surface area contributed by atoms with Crippen LogP contribution in [0.15, 0.2) is 71.3 Å². The number of ether oxygens (including phenoxy) is 2. The van der Waals surface area contributed by atoms with Gasteiger partial charge in [0.15, 0.2) is 4.80 Å². The summed E-state index contributed by atoms with van der Waals surface area (Å²) in [6, 6.07) is 11.0. The van der Waals surface area contributed by atoms with Gasteiger partial charge in [-0.05, 0) is 71.9 Å². The van der Waals surface area contributed by atoms with E-state index in [1.54, 1.807) is 43.4 Å². The normalized spacial score (nSPS) is 15.6. The number of benzene rings is 2. The van der Waals surface area contributed by atoms with Gasteiger partial charge in [-0.15, -0.1) is 11.8 Å². The largest absolute Gasteiger partial charge is 0.495 e. The maximum atomic E-state index is 13.8. The number of thiazole rings is 1. The van der Waals surface area contributed by atoms with Crippen molar-refractivity contribution in [1.82, 2.24) is 4.57 Å². The Morgan fingerprint density at radius 2 is 1.97 bits per heavy atom. The molecule has 182 valence electrons. The van der Waals surface area contributed by atoms with Crippen molar-refractivity contribution >= 4 is 67.0 Å². The Hall–Kier alpha value is -2.14. The number of hydrogen-bond donors (Lipinski definition) is 0. The van der Waals surface area contributed by atoms with Crippen molar-refractivity contribution in [3.8, 4) is 5.75 Å². The molecule has 2 heterocycles. The highest BCUT2D eigenvalue weighted by Gasteiger charge is 2.33. The van der Waals surface area contributed by atoms with Crippen molar-refractivity contribution in [1.29, 1.82) is 0 Å². The molecule has 0 radical (unpaired) electrons. The molecule has 0 saturated carbocycles. The summed E-state index contributed by atoms with van der Waals surface area (Å²) >= 11 is 9.91. The number of carbonyl (C=O) groups is 1. The van der Waals surface area contributed by atoms with Crippen LogP contribution in [-0.2, 0) is 9.53 Å². The quantitative estimate of drug-likeness (QED) is 0.279. The van der Waals surface area contributed by atoms with Crippen molar-refractivity contribution in [2.45, 2.75) is 24.8 Å². The summed E-state index contributed by atoms with van der Waals surface area (Å²) in [7, 11) is 1.58. The lowest BCUT2D eigenvalue weighted by Gasteiger charge is -2.24. The summed E-state index contributed by atoms with van der Waals surface area (Å²) in [4.78, 5) is 33.0. The van der Waals surface area contributed by atoms with Gasteiger partial charge in [-0.25, -0.2) is 9.79 Å². The van der Waals surface area contributed by atoms with Crippen LogP contribution < -0.4 is 19.6 Å². The Kier molecular flexibility index (Phi) is 8.05. The van der Waals surface area contributed by atoms with Crippen molar-refractivity contribution in [2.75, 3.05) is 20.0 Å². The zero-order valence-electron chi connectivity index (χ0n) is 19.4. The maximum absolute atomic E-state index is 13.8. The molecule has 1 atom stereocenters. The van der Waals surface area contributed by atoms with E-state index in [0.717, 1.165) is 25.0 Å². The third kappa shape index (κ3) is 5.07. The first-order chi connectivity index (χ1) is 16.8. The van der Waals surface area contributed by atoms with Crippen LogP contribution in [0.25, 0.3) is 6.08 Å². The summed E-state index contributed by atoms with van der Waals surface area (Å²) in [5.74, 6) is 0.145. The van der Waals surface area contributed by atoms with E-state index in [1.165, 1.54) is 11.3 Å². The third-order valence-corrected chi connectivity index (χ3v) is 8.25. The van der Waals surface area contributed by atoms with Crippen LogP contribution in [0.1, 0.15) is 31.0 Å². The lowest BCUT2D eigenvalue weighted by molar-refractivity contribution is -0.139. The minimum atomic E-state index is -0.639. The number of carbonyl (C=O) groups excluding carboxylic acids is 1. The molecular weight excluding hydrogens is 616 g/mol. The molecule has 0 spiro atoms. The second-order valence-corrected chi connectivity index (χ2v) is 11.2. The average Bonchev–Trinajstić information content (AvgIpc) is 3.12. The average molecular weight is 638 g/mol. The molecule has 2 aromatic carbocycles. The van der Waals surface area contributed by atoms with Crippen LogP contribution in [0.3, 0.4) is 0 Å². The third-order valence-electron chi connectivity index (χ3n) is 5.48. The van der Waals surface area contributed by atoms with E-state index in [1.807, 2.05) is 42.7 Å². The highest BCUT2D eigenvalue weighted by Crippen LogP contribution is 2.34. The van der Waals surface area contributed by atoms with Crippen LogP contribution in [0.4, 0.5) is 0 Å². The van der Waals surface area contributed by atoms with E-state index in [4.69, 9.17) is 9.47 Å². The lowest BCUT2D eigenvalue weighted by atomic mass is 9.96. The van der Waals surface area contributed by atoms with Crippen LogP contribution in [0.5, 0.6) is 5.75 Å². The molecule has 0 unspecified atom stereocenters. The van der Waals surface area contributed by atoms with Gasteiger partial charge in [0.2, 0.25) is 0 Å². The molecule has 4 rings (SSSR count). The Morgan fingerprint density at radius 3 is 2.60 bits per heavy atom. The molecule has 1 aliphatic heterocycles. The summed E-state index contributed by atoms with van der Waals surface area (Å²) < 4.78 is 14.6. The van der Waals surface area contributed by atoms with Crippen LogP contribution in [-0.4, -0.2) is 30.5 Å². The predicted molar refractivity (Wildman–Crippen MR) is 147 cm³/mol. The monoisotopic (exact) mass is 636 g/mol. The topological polar surface area (TPSA) is 69.9 Å². The van der Waals surface area contributed by atoms with Crippen LogP contribution >= 0.6 is 55.0 Å². The maximum Gasteiger partial charge on any atom is 0.338 e. The summed E-state index contributed by atoms with van der Waals surface area (Å²) in [6.07, 6.45) is 3.79. The molecule has 1 aromatic heterocycles. The zero-order valence-corrected chi connectivity index (χ0v) is 24.2. The first-order valence-corrected chi connectivity index (χ1v) is 14.3. The number of esters is 1. The second kappa shape index (κ2) is 10.9. The summed E-state index contributed by atoms with van der Waals surface area (Å²) in [5.41, 5.74) is 2.22. The van der Waals surface area contributed by atoms with Gasteiger partial charge in [0.25, 0.3) is 5.56 Å². The smallest absolute Gasteiger partial charge is 0.338 e. The molecule has 0 aliphatic carbocycles. The minimum Gasteiger partial charge on any atom is -0.495 e. The molecule has 6 nitrogen and oxygen atoms in total. The number of halogens is 2. The highest BCUT2D eigenvalue weighted by atomic mass is 79.9. The van der Waals surface area contributed by atoms with Crippen molar-refractivity contribution < 1.29 is 14.3 Å². The fraction of sp³-hybridized carbons (Fsp3) is 0.240. The van der Waals surface area contributed by atoms with Gasteiger partial charge >= 0.3 is 5.97 Å². The Labute approximate surface area is 227 Å². The number of aromatic nitrogens is 1. The van der Waals surface area contributed by atoms with Gasteiger partial charge in [0, 0.05) is 14.9 Å². The minimum absolute atomic E-state index is 0.232. The van der Waals surface area contributed by atoms with Gasteiger partial charge in [-0.3, -0.25) is 9.36 Å². The molecular formula is C25H22Br2N2O4S2. The van der Waals surface area contributed by atoms with E-state index in [-0.39, 0.29) is 12.2 Å². The lowest BCUT2D eigenvalue weighted by Crippen LogP contribution is -2.39. The molecule has 0 amide bonds. The van der Waals surface area contributed by atoms with Crippen molar-refractivity contribution in [2.24, 2.45) is 4.99 Å². The Balaban J connectivity index is 1.97. The van der Waals surface area contributed by atoms with Gasteiger partial charge < -0.3 is 9.47 Å². The number of rotatable bonds is 6.